The number of amides is 2. The largest absolute Gasteiger partial charge is 0.480 e. The third kappa shape index (κ3) is 4.66. The Bertz CT molecular complexity index is 334. The number of urea groups is 1. The minimum absolute atomic E-state index is 0.0477. The van der Waals surface area contributed by atoms with Crippen molar-refractivity contribution in [1.82, 2.24) is 10.3 Å². The lowest BCUT2D eigenvalue weighted by Gasteiger charge is -2.28. The lowest BCUT2D eigenvalue weighted by molar-refractivity contribution is -0.141. The van der Waals surface area contributed by atoms with Crippen LogP contribution < -0.4 is 5.32 Å². The molecule has 1 saturated carbocycles. The molecule has 1 aliphatic rings. The standard InChI is InChI=1S/C11H18ClN3O4/c12-6-7-15(14-19)11(18)13-9(10(16)17)8-4-2-1-3-5-8/h8-9H,1-7H2,(H,13,18)(H,16,17). The number of carbonyl (C=O) groups is 2. The highest BCUT2D eigenvalue weighted by atomic mass is 35.5. The summed E-state index contributed by atoms with van der Waals surface area (Å²) >= 11 is 5.43. The molecule has 2 amide bonds. The van der Waals surface area contributed by atoms with Gasteiger partial charge in [0.05, 0.1) is 11.8 Å². The van der Waals surface area contributed by atoms with Crippen molar-refractivity contribution in [1.29, 1.82) is 0 Å². The summed E-state index contributed by atoms with van der Waals surface area (Å²) in [7, 11) is 0. The molecular weight excluding hydrogens is 274 g/mol. The zero-order chi connectivity index (χ0) is 14.3. The molecule has 0 aliphatic heterocycles. The van der Waals surface area contributed by atoms with Crippen LogP contribution in [0.2, 0.25) is 0 Å². The number of carboxylic acid groups (broad SMARTS) is 1. The van der Waals surface area contributed by atoms with Crippen LogP contribution in [-0.4, -0.2) is 40.6 Å². The molecule has 0 bridgehead atoms. The third-order valence-corrected chi connectivity index (χ3v) is 3.46. The molecule has 0 heterocycles. The van der Waals surface area contributed by atoms with Gasteiger partial charge in [0, 0.05) is 5.88 Å². The fourth-order valence-corrected chi connectivity index (χ4v) is 2.48. The van der Waals surface area contributed by atoms with Gasteiger partial charge in [-0.3, -0.25) is 0 Å². The van der Waals surface area contributed by atoms with E-state index in [-0.39, 0.29) is 18.3 Å². The normalized spacial score (nSPS) is 17.5. The number of carbonyl (C=O) groups excluding carboxylic acids is 1. The number of hydrogen-bond acceptors (Lipinski definition) is 4. The Hall–Kier alpha value is -1.37. The molecule has 0 aromatic heterocycles. The molecule has 8 heteroatoms. The third-order valence-electron chi connectivity index (χ3n) is 3.30. The van der Waals surface area contributed by atoms with Crippen LogP contribution in [0.1, 0.15) is 32.1 Å². The maximum Gasteiger partial charge on any atom is 0.341 e. The Morgan fingerprint density at radius 2 is 2.00 bits per heavy atom. The van der Waals surface area contributed by atoms with Crippen molar-refractivity contribution in [3.63, 3.8) is 0 Å². The van der Waals surface area contributed by atoms with E-state index in [9.17, 15) is 19.6 Å². The molecule has 0 saturated heterocycles. The second kappa shape index (κ2) is 7.93. The number of halogens is 1. The average molecular weight is 292 g/mol. The number of rotatable bonds is 6. The molecule has 1 rings (SSSR count). The van der Waals surface area contributed by atoms with Gasteiger partial charge in [-0.2, -0.15) is 5.01 Å². The SMILES string of the molecule is O=NN(CCCl)C(=O)NC(C(=O)O)C1CCCCC1. The maximum atomic E-state index is 11.7. The van der Waals surface area contributed by atoms with Gasteiger partial charge in [0.1, 0.15) is 6.04 Å². The molecule has 1 aliphatic carbocycles. The second-order valence-electron chi connectivity index (χ2n) is 4.56. The summed E-state index contributed by atoms with van der Waals surface area (Å²) in [4.78, 5) is 33.4. The van der Waals surface area contributed by atoms with Crippen LogP contribution in [0.3, 0.4) is 0 Å². The van der Waals surface area contributed by atoms with Crippen LogP contribution in [0, 0.1) is 10.8 Å². The van der Waals surface area contributed by atoms with E-state index in [4.69, 9.17) is 11.6 Å². The van der Waals surface area contributed by atoms with E-state index in [0.717, 1.165) is 32.1 Å². The fourth-order valence-electron chi connectivity index (χ4n) is 2.32. The van der Waals surface area contributed by atoms with Gasteiger partial charge in [-0.25, -0.2) is 9.59 Å². The Labute approximate surface area is 116 Å². The summed E-state index contributed by atoms with van der Waals surface area (Å²) < 4.78 is 0. The Balaban J connectivity index is 2.64. The van der Waals surface area contributed by atoms with E-state index in [2.05, 4.69) is 10.6 Å². The highest BCUT2D eigenvalue weighted by molar-refractivity contribution is 6.18. The number of aliphatic carboxylic acids is 1. The molecule has 0 spiro atoms. The second-order valence-corrected chi connectivity index (χ2v) is 4.94. The van der Waals surface area contributed by atoms with Gasteiger partial charge in [0.15, 0.2) is 0 Å². The van der Waals surface area contributed by atoms with E-state index >= 15 is 0 Å². The summed E-state index contributed by atoms with van der Waals surface area (Å²) in [5.41, 5.74) is 0. The van der Waals surface area contributed by atoms with Crippen LogP contribution >= 0.6 is 11.6 Å². The monoisotopic (exact) mass is 291 g/mol. The van der Waals surface area contributed by atoms with Crippen LogP contribution in [0.5, 0.6) is 0 Å². The molecule has 0 aromatic carbocycles. The van der Waals surface area contributed by atoms with Crippen molar-refractivity contribution in [3.8, 4) is 0 Å². The van der Waals surface area contributed by atoms with Gasteiger partial charge in [0.2, 0.25) is 0 Å². The topological polar surface area (TPSA) is 99.1 Å². The Morgan fingerprint density at radius 1 is 1.37 bits per heavy atom. The molecule has 0 radical (unpaired) electrons. The summed E-state index contributed by atoms with van der Waals surface area (Å²) in [5, 5.41) is 14.7. The first-order valence-corrected chi connectivity index (χ1v) is 6.83. The molecule has 1 fully saturated rings. The van der Waals surface area contributed by atoms with E-state index < -0.39 is 18.0 Å². The van der Waals surface area contributed by atoms with Crippen LogP contribution in [0.15, 0.2) is 5.29 Å². The first-order chi connectivity index (χ1) is 9.10. The number of hydrogen-bond donors (Lipinski definition) is 2. The van der Waals surface area contributed by atoms with Gasteiger partial charge < -0.3 is 10.4 Å². The van der Waals surface area contributed by atoms with E-state index in [1.807, 2.05) is 0 Å². The number of alkyl halides is 1. The minimum Gasteiger partial charge on any atom is -0.480 e. The quantitative estimate of drug-likeness (QED) is 0.444. The molecule has 108 valence electrons. The summed E-state index contributed by atoms with van der Waals surface area (Å²) in [6.07, 6.45) is 4.54. The smallest absolute Gasteiger partial charge is 0.341 e. The molecule has 19 heavy (non-hydrogen) atoms. The fraction of sp³-hybridized carbons (Fsp3) is 0.818. The zero-order valence-electron chi connectivity index (χ0n) is 10.5. The minimum atomic E-state index is -1.09. The van der Waals surface area contributed by atoms with Crippen molar-refractivity contribution in [2.45, 2.75) is 38.1 Å². The summed E-state index contributed by atoms with van der Waals surface area (Å²) in [6.45, 7) is -0.0477. The van der Waals surface area contributed by atoms with Gasteiger partial charge >= 0.3 is 12.0 Å². The maximum absolute atomic E-state index is 11.7. The van der Waals surface area contributed by atoms with Crippen LogP contribution in [0.25, 0.3) is 0 Å². The first kappa shape index (κ1) is 15.7. The van der Waals surface area contributed by atoms with Gasteiger partial charge in [0.25, 0.3) is 0 Å². The van der Waals surface area contributed by atoms with Gasteiger partial charge in [-0.15, -0.1) is 16.5 Å². The first-order valence-electron chi connectivity index (χ1n) is 6.30. The van der Waals surface area contributed by atoms with Crippen molar-refractivity contribution >= 4 is 23.6 Å². The molecule has 1 unspecified atom stereocenters. The van der Waals surface area contributed by atoms with Crippen molar-refractivity contribution in [2.24, 2.45) is 11.2 Å². The predicted octanol–water partition coefficient (Wildman–Crippen LogP) is 1.95. The van der Waals surface area contributed by atoms with E-state index in [1.165, 1.54) is 0 Å². The highest BCUT2D eigenvalue weighted by Gasteiger charge is 2.32. The molecular formula is C11H18ClN3O4. The average Bonchev–Trinajstić information content (AvgIpc) is 2.42. The highest BCUT2D eigenvalue weighted by Crippen LogP contribution is 2.26. The number of carboxylic acids is 1. The lowest BCUT2D eigenvalue weighted by atomic mass is 9.84. The molecule has 2 N–H and O–H groups in total. The van der Waals surface area contributed by atoms with Gasteiger partial charge in [-0.1, -0.05) is 19.3 Å². The Kier molecular flexibility index (Phi) is 6.55. The molecule has 1 atom stereocenters. The predicted molar refractivity (Wildman–Crippen MR) is 69.8 cm³/mol. The summed E-state index contributed by atoms with van der Waals surface area (Å²) in [6, 6.07) is -1.79. The van der Waals surface area contributed by atoms with Gasteiger partial charge in [-0.05, 0) is 18.8 Å². The van der Waals surface area contributed by atoms with Crippen molar-refractivity contribution in [2.75, 3.05) is 12.4 Å². The number of nitrogens with zero attached hydrogens (tertiary/aromatic N) is 2. The van der Waals surface area contributed by atoms with E-state index in [1.54, 1.807) is 0 Å². The van der Waals surface area contributed by atoms with Crippen molar-refractivity contribution in [3.05, 3.63) is 4.91 Å². The molecule has 0 aromatic rings. The number of nitroso groups, excluding NO2 is 1. The van der Waals surface area contributed by atoms with Crippen molar-refractivity contribution < 1.29 is 14.7 Å². The van der Waals surface area contributed by atoms with E-state index in [0.29, 0.717) is 5.01 Å². The Morgan fingerprint density at radius 3 is 2.47 bits per heavy atom. The van der Waals surface area contributed by atoms with Crippen LogP contribution in [0.4, 0.5) is 4.79 Å². The lowest BCUT2D eigenvalue weighted by Crippen LogP contribution is -2.50. The molecule has 7 nitrogen and oxygen atoms in total. The number of nitrogens with one attached hydrogen (secondary N) is 1. The zero-order valence-corrected chi connectivity index (χ0v) is 11.3. The van der Waals surface area contributed by atoms with Crippen LogP contribution in [-0.2, 0) is 4.79 Å². The summed E-state index contributed by atoms with van der Waals surface area (Å²) in [5.74, 6) is -1.13.